The highest BCUT2D eigenvalue weighted by molar-refractivity contribution is 7.16. The third-order valence-electron chi connectivity index (χ3n) is 4.54. The number of hydrogen-bond acceptors (Lipinski definition) is 5. The summed E-state index contributed by atoms with van der Waals surface area (Å²) in [7, 11) is 0. The Morgan fingerprint density at radius 3 is 2.91 bits per heavy atom. The molecule has 23 heavy (non-hydrogen) atoms. The van der Waals surface area contributed by atoms with E-state index in [0.717, 1.165) is 31.2 Å². The highest BCUT2D eigenvalue weighted by Gasteiger charge is 2.27. The van der Waals surface area contributed by atoms with Crippen LogP contribution in [0.15, 0.2) is 4.52 Å². The van der Waals surface area contributed by atoms with Crippen LogP contribution in [0, 0.1) is 31.1 Å². The minimum absolute atomic E-state index is 0.261. The van der Waals surface area contributed by atoms with Gasteiger partial charge in [-0.1, -0.05) is 18.5 Å². The summed E-state index contributed by atoms with van der Waals surface area (Å²) in [6.45, 7) is 5.65. The molecule has 0 unspecified atom stereocenters. The van der Waals surface area contributed by atoms with Gasteiger partial charge in [0.15, 0.2) is 0 Å². The lowest BCUT2D eigenvalue weighted by atomic mass is 9.86. The Morgan fingerprint density at radius 2 is 2.30 bits per heavy atom. The molecule has 6 heteroatoms. The Kier molecular flexibility index (Phi) is 4.22. The number of rotatable bonds is 3. The fourth-order valence-corrected chi connectivity index (χ4v) is 4.49. The summed E-state index contributed by atoms with van der Waals surface area (Å²) in [5, 5.41) is 16.9. The van der Waals surface area contributed by atoms with Crippen molar-refractivity contribution in [2.45, 2.75) is 46.5 Å². The van der Waals surface area contributed by atoms with Gasteiger partial charge in [0.2, 0.25) is 0 Å². The van der Waals surface area contributed by atoms with E-state index in [4.69, 9.17) is 4.52 Å². The van der Waals surface area contributed by atoms with Gasteiger partial charge in [0, 0.05) is 4.88 Å². The molecule has 5 nitrogen and oxygen atoms in total. The van der Waals surface area contributed by atoms with E-state index in [1.807, 2.05) is 0 Å². The number of nitriles is 1. The molecule has 0 bridgehead atoms. The number of carbonyl (C=O) groups is 1. The lowest BCUT2D eigenvalue weighted by molar-refractivity contribution is 0.102. The van der Waals surface area contributed by atoms with Crippen molar-refractivity contribution in [2.24, 2.45) is 5.92 Å². The Bertz CT molecular complexity index is 778. The van der Waals surface area contributed by atoms with Gasteiger partial charge in [0.05, 0.1) is 11.3 Å². The molecule has 0 aliphatic heterocycles. The molecule has 0 fully saturated rings. The van der Waals surface area contributed by atoms with Gasteiger partial charge in [0.25, 0.3) is 5.91 Å². The SMILES string of the molecule is CC[C@H]1CCc2c(sc(NC(=O)c3c(C)noc3C)c2C#N)C1. The standard InChI is InChI=1S/C17H19N3O2S/c1-4-11-5-6-12-13(8-18)17(23-14(12)7-11)19-16(21)15-9(2)20-22-10(15)3/h11H,4-7H2,1-3H3,(H,19,21)/t11-/m0/s1. The van der Waals surface area contributed by atoms with Gasteiger partial charge < -0.3 is 9.84 Å². The number of thiophene rings is 1. The van der Waals surface area contributed by atoms with Crippen molar-refractivity contribution >= 4 is 22.2 Å². The van der Waals surface area contributed by atoms with Gasteiger partial charge in [-0.3, -0.25) is 4.79 Å². The van der Waals surface area contributed by atoms with E-state index < -0.39 is 0 Å². The molecule has 1 N–H and O–H groups in total. The highest BCUT2D eigenvalue weighted by Crippen LogP contribution is 2.40. The Labute approximate surface area is 139 Å². The minimum atomic E-state index is -0.261. The van der Waals surface area contributed by atoms with Crippen LogP contribution < -0.4 is 5.32 Å². The van der Waals surface area contributed by atoms with Gasteiger partial charge in [-0.05, 0) is 44.6 Å². The van der Waals surface area contributed by atoms with Crippen LogP contribution in [-0.2, 0) is 12.8 Å². The van der Waals surface area contributed by atoms with Gasteiger partial charge in [-0.2, -0.15) is 5.26 Å². The zero-order valence-electron chi connectivity index (χ0n) is 13.5. The van der Waals surface area contributed by atoms with Crippen molar-refractivity contribution in [3.8, 4) is 6.07 Å². The predicted octanol–water partition coefficient (Wildman–Crippen LogP) is 3.99. The van der Waals surface area contributed by atoms with Crippen molar-refractivity contribution < 1.29 is 9.32 Å². The molecular weight excluding hydrogens is 310 g/mol. The minimum Gasteiger partial charge on any atom is -0.361 e. The average Bonchev–Trinajstić information content (AvgIpc) is 3.05. The zero-order chi connectivity index (χ0) is 16.6. The molecule has 1 atom stereocenters. The number of aromatic nitrogens is 1. The van der Waals surface area contributed by atoms with Crippen molar-refractivity contribution in [1.29, 1.82) is 5.26 Å². The summed E-state index contributed by atoms with van der Waals surface area (Å²) >= 11 is 1.54. The maximum absolute atomic E-state index is 12.5. The topological polar surface area (TPSA) is 78.9 Å². The Hall–Kier alpha value is -2.13. The highest BCUT2D eigenvalue weighted by atomic mass is 32.1. The van der Waals surface area contributed by atoms with E-state index in [1.54, 1.807) is 13.8 Å². The van der Waals surface area contributed by atoms with E-state index in [9.17, 15) is 10.1 Å². The van der Waals surface area contributed by atoms with Crippen molar-refractivity contribution in [1.82, 2.24) is 5.16 Å². The second kappa shape index (κ2) is 6.17. The van der Waals surface area contributed by atoms with Crippen LogP contribution in [0.2, 0.25) is 0 Å². The molecule has 2 heterocycles. The molecule has 0 spiro atoms. The monoisotopic (exact) mass is 329 g/mol. The Morgan fingerprint density at radius 1 is 1.52 bits per heavy atom. The third-order valence-corrected chi connectivity index (χ3v) is 5.71. The number of aryl methyl sites for hydroxylation is 2. The summed E-state index contributed by atoms with van der Waals surface area (Å²) in [6, 6.07) is 2.27. The number of hydrogen-bond donors (Lipinski definition) is 1. The zero-order valence-corrected chi connectivity index (χ0v) is 14.3. The fourth-order valence-electron chi connectivity index (χ4n) is 3.18. The number of nitrogens with zero attached hydrogens (tertiary/aromatic N) is 2. The molecule has 0 saturated heterocycles. The molecule has 3 rings (SSSR count). The summed E-state index contributed by atoms with van der Waals surface area (Å²) in [6.07, 6.45) is 4.20. The van der Waals surface area contributed by atoms with Crippen LogP contribution in [-0.4, -0.2) is 11.1 Å². The molecular formula is C17H19N3O2S. The first-order chi connectivity index (χ1) is 11.0. The maximum Gasteiger partial charge on any atom is 0.261 e. The maximum atomic E-state index is 12.5. The smallest absolute Gasteiger partial charge is 0.261 e. The van der Waals surface area contributed by atoms with Crippen LogP contribution in [0.1, 0.15) is 57.6 Å². The molecule has 2 aromatic rings. The predicted molar refractivity (Wildman–Crippen MR) is 88.8 cm³/mol. The van der Waals surface area contributed by atoms with Crippen LogP contribution >= 0.6 is 11.3 Å². The summed E-state index contributed by atoms with van der Waals surface area (Å²) in [4.78, 5) is 13.7. The van der Waals surface area contributed by atoms with E-state index in [1.165, 1.54) is 16.2 Å². The molecule has 1 aliphatic carbocycles. The molecule has 1 aliphatic rings. The fraction of sp³-hybridized carbons (Fsp3) is 0.471. The van der Waals surface area contributed by atoms with Gasteiger partial charge in [-0.25, -0.2) is 0 Å². The molecule has 1 amide bonds. The lowest BCUT2D eigenvalue weighted by Gasteiger charge is -2.20. The van der Waals surface area contributed by atoms with Crippen molar-refractivity contribution in [2.75, 3.05) is 5.32 Å². The van der Waals surface area contributed by atoms with Crippen molar-refractivity contribution in [3.63, 3.8) is 0 Å². The number of amides is 1. The number of carbonyl (C=O) groups excluding carboxylic acids is 1. The first-order valence-electron chi connectivity index (χ1n) is 7.84. The second-order valence-corrected chi connectivity index (χ2v) is 7.10. The molecule has 0 saturated carbocycles. The van der Waals surface area contributed by atoms with Gasteiger partial charge >= 0.3 is 0 Å². The quantitative estimate of drug-likeness (QED) is 0.923. The number of nitrogens with one attached hydrogen (secondary N) is 1. The van der Waals surface area contributed by atoms with Crippen molar-refractivity contribution in [3.05, 3.63) is 33.0 Å². The van der Waals surface area contributed by atoms with Crippen LogP contribution in [0.25, 0.3) is 0 Å². The Balaban J connectivity index is 1.91. The first-order valence-corrected chi connectivity index (χ1v) is 8.65. The molecule has 0 aromatic carbocycles. The first kappa shape index (κ1) is 15.8. The largest absolute Gasteiger partial charge is 0.361 e. The van der Waals surface area contributed by atoms with E-state index >= 15 is 0 Å². The lowest BCUT2D eigenvalue weighted by Crippen LogP contribution is -2.14. The van der Waals surface area contributed by atoms with Crippen LogP contribution in [0.3, 0.4) is 0 Å². The van der Waals surface area contributed by atoms with Crippen LogP contribution in [0.5, 0.6) is 0 Å². The average molecular weight is 329 g/mol. The second-order valence-electron chi connectivity index (χ2n) is 5.99. The van der Waals surface area contributed by atoms with Crippen LogP contribution in [0.4, 0.5) is 5.00 Å². The van der Waals surface area contributed by atoms with E-state index in [2.05, 4.69) is 23.5 Å². The van der Waals surface area contributed by atoms with Gasteiger partial charge in [-0.15, -0.1) is 11.3 Å². The molecule has 0 radical (unpaired) electrons. The van der Waals surface area contributed by atoms with Gasteiger partial charge in [0.1, 0.15) is 22.4 Å². The normalized spacial score (nSPS) is 16.7. The molecule has 2 aromatic heterocycles. The summed E-state index contributed by atoms with van der Waals surface area (Å²) < 4.78 is 5.05. The number of fused-ring (bicyclic) bond motifs is 1. The third kappa shape index (κ3) is 2.77. The number of anilines is 1. The van der Waals surface area contributed by atoms with E-state index in [-0.39, 0.29) is 5.91 Å². The van der Waals surface area contributed by atoms with E-state index in [0.29, 0.717) is 33.5 Å². The summed E-state index contributed by atoms with van der Waals surface area (Å²) in [5.74, 6) is 0.910. The molecule has 120 valence electrons. The summed E-state index contributed by atoms with van der Waals surface area (Å²) in [5.41, 5.74) is 2.76.